The Kier molecular flexibility index (Phi) is 4.08. The van der Waals surface area contributed by atoms with Crippen LogP contribution in [0.4, 0.5) is 11.5 Å². The summed E-state index contributed by atoms with van der Waals surface area (Å²) in [5, 5.41) is 14.1. The van der Waals surface area contributed by atoms with Crippen LogP contribution in [0.5, 0.6) is 0 Å². The van der Waals surface area contributed by atoms with Crippen molar-refractivity contribution in [3.8, 4) is 11.3 Å². The Bertz CT molecular complexity index is 860. The topological polar surface area (TPSA) is 109 Å². The molecule has 3 aliphatic rings. The molecule has 5 rings (SSSR count). The zero-order valence-corrected chi connectivity index (χ0v) is 15.6. The van der Waals surface area contributed by atoms with Crippen molar-refractivity contribution in [2.45, 2.75) is 24.5 Å². The van der Waals surface area contributed by atoms with E-state index in [1.54, 1.807) is 0 Å². The van der Waals surface area contributed by atoms with Crippen molar-refractivity contribution in [2.24, 2.45) is 0 Å². The van der Waals surface area contributed by atoms with Gasteiger partial charge in [0.1, 0.15) is 0 Å². The van der Waals surface area contributed by atoms with Crippen LogP contribution in [0.2, 0.25) is 0 Å². The van der Waals surface area contributed by atoms with Crippen molar-refractivity contribution in [3.63, 3.8) is 0 Å². The van der Waals surface area contributed by atoms with Crippen molar-refractivity contribution in [1.82, 2.24) is 9.97 Å². The fraction of sp³-hybridized carbons (Fsp3) is 0.375. The first-order valence-corrected chi connectivity index (χ1v) is 11.1. The van der Waals surface area contributed by atoms with E-state index in [0.717, 1.165) is 16.9 Å². The number of fused-ring (bicyclic) bond motifs is 2. The van der Waals surface area contributed by atoms with Gasteiger partial charge in [0, 0.05) is 0 Å². The first-order chi connectivity index (χ1) is 13.0. The number of ether oxygens (including phenoxy) is 1. The summed E-state index contributed by atoms with van der Waals surface area (Å²) in [6.07, 6.45) is -1.13. The van der Waals surface area contributed by atoms with Crippen LogP contribution in [0.3, 0.4) is 0 Å². The summed E-state index contributed by atoms with van der Waals surface area (Å²) < 4.78 is 17.0. The van der Waals surface area contributed by atoms with E-state index in [1.807, 2.05) is 35.2 Å². The number of nitrogens with zero attached hydrogens (tertiary/aromatic N) is 3. The summed E-state index contributed by atoms with van der Waals surface area (Å²) in [5.74, 6) is 0.663. The van der Waals surface area contributed by atoms with Gasteiger partial charge in [-0.05, 0) is 0 Å². The second-order valence-corrected chi connectivity index (χ2v) is 9.26. The number of aliphatic hydroxyl groups is 1. The van der Waals surface area contributed by atoms with Gasteiger partial charge in [0.25, 0.3) is 0 Å². The quantitative estimate of drug-likeness (QED) is 0.477. The normalized spacial score (nSPS) is 32.4. The second kappa shape index (κ2) is 6.37. The van der Waals surface area contributed by atoms with Gasteiger partial charge in [-0.2, -0.15) is 0 Å². The number of hydrogen-bond donors (Lipinski definition) is 3. The zero-order valence-electron chi connectivity index (χ0n) is 14.6. The minimum atomic E-state index is -3.21. The molecule has 2 saturated heterocycles. The average molecular weight is 390 g/mol. The average Bonchev–Trinajstić information content (AvgIpc) is 3.23. The van der Waals surface area contributed by atoms with Gasteiger partial charge in [0.05, 0.1) is 0 Å². The van der Waals surface area contributed by atoms with Gasteiger partial charge < -0.3 is 0 Å². The Balaban J connectivity index is 1.45. The van der Waals surface area contributed by atoms with Gasteiger partial charge >= 0.3 is 157 Å². The Morgan fingerprint density at radius 1 is 1.26 bits per heavy atom. The third-order valence-corrected chi connectivity index (χ3v) is 6.47. The molecule has 0 amide bonds. The molecule has 2 fully saturated rings. The molecule has 0 radical (unpaired) electrons. The standard InChI is InChI=1S/C16H20BN4O5P/c17-27(23)24-6-10-14(26-27)13(22)16(25-10)21-8-20-12-11(18-7-19-15(12)21)9-4-2-1-3-5-9/h1-5,7,10,13-14,16,20,22-23,27H,6,8,17H2/t10-,13?,14-,16?/m1/s1. The molecule has 2 unspecified atom stereocenters. The maximum atomic E-state index is 10.8. The van der Waals surface area contributed by atoms with E-state index < -0.39 is 32.4 Å². The fourth-order valence-electron chi connectivity index (χ4n) is 3.80. The number of rotatable bonds is 2. The van der Waals surface area contributed by atoms with Crippen LogP contribution in [0, 0.1) is 0 Å². The summed E-state index contributed by atoms with van der Waals surface area (Å²) in [7, 11) is -1.67. The van der Waals surface area contributed by atoms with Gasteiger partial charge in [-0.1, -0.05) is 0 Å². The minimum absolute atomic E-state index is 0.199. The van der Waals surface area contributed by atoms with Crippen LogP contribution in [-0.2, 0) is 13.8 Å². The second-order valence-electron chi connectivity index (χ2n) is 6.94. The van der Waals surface area contributed by atoms with E-state index in [0.29, 0.717) is 12.5 Å². The Morgan fingerprint density at radius 2 is 2.07 bits per heavy atom. The van der Waals surface area contributed by atoms with Crippen LogP contribution in [-0.4, -0.2) is 65.3 Å². The van der Waals surface area contributed by atoms with Crippen molar-refractivity contribution in [2.75, 3.05) is 23.5 Å². The van der Waals surface area contributed by atoms with Gasteiger partial charge in [-0.15, -0.1) is 0 Å². The molecule has 4 atom stereocenters. The molecule has 0 saturated carbocycles. The van der Waals surface area contributed by atoms with E-state index in [4.69, 9.17) is 13.8 Å². The SMILES string of the molecule is B[PH]1(O)OC[C@H]2OC(N3CNc4c(-c5ccccc5)ncnc43)C(O)[C@@H]2O1. The van der Waals surface area contributed by atoms with Crippen molar-refractivity contribution < 1.29 is 23.8 Å². The first-order valence-electron chi connectivity index (χ1n) is 8.82. The molecule has 3 aliphatic heterocycles. The molecule has 2 aromatic rings. The third-order valence-electron chi connectivity index (χ3n) is 5.06. The van der Waals surface area contributed by atoms with Crippen molar-refractivity contribution in [1.29, 1.82) is 0 Å². The number of aromatic nitrogens is 2. The van der Waals surface area contributed by atoms with Crippen molar-refractivity contribution in [3.05, 3.63) is 36.7 Å². The molecule has 1 aromatic heterocycles. The third kappa shape index (κ3) is 2.89. The first kappa shape index (κ1) is 17.3. The molecular formula is C16H20BN4O5P. The molecular weight excluding hydrogens is 370 g/mol. The van der Waals surface area contributed by atoms with E-state index in [2.05, 4.69) is 15.3 Å². The van der Waals surface area contributed by atoms with Crippen LogP contribution in [0.15, 0.2) is 36.7 Å². The molecule has 11 heteroatoms. The maximum absolute atomic E-state index is 10.8. The van der Waals surface area contributed by atoms with E-state index in [9.17, 15) is 10.00 Å². The Labute approximate surface area is 157 Å². The summed E-state index contributed by atoms with van der Waals surface area (Å²) >= 11 is 0. The van der Waals surface area contributed by atoms with Gasteiger partial charge in [-0.3, -0.25) is 0 Å². The molecule has 0 aliphatic carbocycles. The molecule has 1 aromatic carbocycles. The number of hydrogen-bond acceptors (Lipinski definition) is 9. The molecule has 9 nitrogen and oxygen atoms in total. The van der Waals surface area contributed by atoms with Gasteiger partial charge in [0.2, 0.25) is 0 Å². The Hall–Kier alpha value is -1.81. The summed E-state index contributed by atoms with van der Waals surface area (Å²) in [5.41, 5.74) is 2.57. The van der Waals surface area contributed by atoms with Crippen molar-refractivity contribution >= 4 is 26.9 Å². The predicted molar refractivity (Wildman–Crippen MR) is 103 cm³/mol. The summed E-state index contributed by atoms with van der Waals surface area (Å²) in [4.78, 5) is 20.8. The van der Waals surface area contributed by atoms with Crippen LogP contribution < -0.4 is 10.2 Å². The fourth-order valence-corrected chi connectivity index (χ4v) is 5.14. The molecule has 142 valence electrons. The number of anilines is 2. The zero-order chi connectivity index (χ0) is 18.6. The molecule has 3 N–H and O–H groups in total. The number of nitrogens with one attached hydrogen (secondary N) is 1. The monoisotopic (exact) mass is 390 g/mol. The van der Waals surface area contributed by atoms with Gasteiger partial charge in [-0.25, -0.2) is 0 Å². The van der Waals surface area contributed by atoms with Gasteiger partial charge in [0.15, 0.2) is 0 Å². The number of aliphatic hydroxyl groups excluding tert-OH is 1. The molecule has 0 spiro atoms. The van der Waals surface area contributed by atoms with Crippen LogP contribution in [0.1, 0.15) is 0 Å². The molecule has 27 heavy (non-hydrogen) atoms. The Morgan fingerprint density at radius 3 is 2.89 bits per heavy atom. The molecule has 0 bridgehead atoms. The van der Waals surface area contributed by atoms with Crippen LogP contribution >= 0.6 is 7.82 Å². The number of benzene rings is 1. The van der Waals surface area contributed by atoms with E-state index in [-0.39, 0.29) is 6.61 Å². The summed E-state index contributed by atoms with van der Waals surface area (Å²) in [6, 6.07) is 9.84. The summed E-state index contributed by atoms with van der Waals surface area (Å²) in [6.45, 7) is 0.619. The predicted octanol–water partition coefficient (Wildman–Crippen LogP) is -0.131. The van der Waals surface area contributed by atoms with E-state index >= 15 is 0 Å². The van der Waals surface area contributed by atoms with Crippen LogP contribution in [0.25, 0.3) is 11.3 Å². The molecule has 4 heterocycles. The van der Waals surface area contributed by atoms with E-state index in [1.165, 1.54) is 13.9 Å².